The first-order chi connectivity index (χ1) is 9.72. The molecular weight excluding hydrogens is 264 g/mol. The smallest absolute Gasteiger partial charge is 0.298 e. The van der Waals surface area contributed by atoms with Gasteiger partial charge in [-0.15, -0.1) is 0 Å². The van der Waals surface area contributed by atoms with E-state index >= 15 is 0 Å². The van der Waals surface area contributed by atoms with Gasteiger partial charge < -0.3 is 9.16 Å². The van der Waals surface area contributed by atoms with Crippen LogP contribution < -0.4 is 10.4 Å². The highest BCUT2D eigenvalue weighted by Crippen LogP contribution is 2.07. The van der Waals surface area contributed by atoms with Crippen molar-refractivity contribution in [2.75, 3.05) is 7.11 Å². The molecule has 0 spiro atoms. The number of rotatable bonds is 6. The third kappa shape index (κ3) is 3.59. The van der Waals surface area contributed by atoms with Gasteiger partial charge in [-0.2, -0.15) is 0 Å². The van der Waals surface area contributed by atoms with Crippen LogP contribution >= 0.6 is 0 Å². The van der Waals surface area contributed by atoms with Gasteiger partial charge in [-0.1, -0.05) is 67.2 Å². The van der Waals surface area contributed by atoms with Crippen molar-refractivity contribution in [3.8, 4) is 0 Å². The minimum atomic E-state index is -1.76. The van der Waals surface area contributed by atoms with Crippen LogP contribution in [0, 0.1) is 0 Å². The van der Waals surface area contributed by atoms with Crippen LogP contribution in [0.3, 0.4) is 0 Å². The summed E-state index contributed by atoms with van der Waals surface area (Å²) in [6.45, 7) is 5.95. The zero-order valence-electron chi connectivity index (χ0n) is 12.0. The predicted molar refractivity (Wildman–Crippen MR) is 86.0 cm³/mol. The lowest BCUT2D eigenvalue weighted by atomic mass is 10.4. The van der Waals surface area contributed by atoms with Gasteiger partial charge in [0.2, 0.25) is 0 Å². The highest BCUT2D eigenvalue weighted by molar-refractivity contribution is 6.80. The maximum absolute atomic E-state index is 6.19. The minimum Gasteiger partial charge on any atom is -0.539 e. The molecule has 2 aromatic carbocycles. The minimum absolute atomic E-state index is 0.0996. The van der Waals surface area contributed by atoms with Crippen molar-refractivity contribution >= 4 is 19.4 Å². The zero-order valence-corrected chi connectivity index (χ0v) is 13.1. The summed E-state index contributed by atoms with van der Waals surface area (Å²) in [7, 11) is -0.0904. The Bertz CT molecular complexity index is 500. The topological polar surface area (TPSA) is 18.5 Å². The molecule has 0 saturated carbocycles. The van der Waals surface area contributed by atoms with Crippen LogP contribution in [0.15, 0.2) is 73.0 Å². The standard InChI is InChI=1S/C17H20O2Si/c1-14(18-3)15(2)19-20(16-10-6-4-7-11-16)17-12-8-5-9-13-17/h4-14,20H,2H2,1,3H3. The Hall–Kier alpha value is -1.84. The molecule has 0 aliphatic rings. The van der Waals surface area contributed by atoms with Gasteiger partial charge >= 0.3 is 0 Å². The second-order valence-corrected chi connectivity index (χ2v) is 6.99. The van der Waals surface area contributed by atoms with Gasteiger partial charge in [-0.25, -0.2) is 0 Å². The first-order valence-electron chi connectivity index (χ1n) is 6.70. The maximum atomic E-state index is 6.19. The van der Waals surface area contributed by atoms with E-state index in [0.717, 1.165) is 0 Å². The fraction of sp³-hybridized carbons (Fsp3) is 0.176. The number of methoxy groups -OCH3 is 1. The molecule has 0 saturated heterocycles. The largest absolute Gasteiger partial charge is 0.539 e. The molecule has 20 heavy (non-hydrogen) atoms. The highest BCUT2D eigenvalue weighted by atomic mass is 28.3. The average molecular weight is 284 g/mol. The van der Waals surface area contributed by atoms with Gasteiger partial charge in [0.1, 0.15) is 11.9 Å². The van der Waals surface area contributed by atoms with Crippen molar-refractivity contribution < 1.29 is 9.16 Å². The Labute approximate surface area is 122 Å². The molecule has 0 N–H and O–H groups in total. The number of hydrogen-bond donors (Lipinski definition) is 0. The summed E-state index contributed by atoms with van der Waals surface area (Å²) >= 11 is 0. The van der Waals surface area contributed by atoms with Gasteiger partial charge in [0, 0.05) is 7.11 Å². The van der Waals surface area contributed by atoms with Crippen LogP contribution in [0.2, 0.25) is 0 Å². The molecule has 2 nitrogen and oxygen atoms in total. The second-order valence-electron chi connectivity index (χ2n) is 4.66. The number of hydrogen-bond acceptors (Lipinski definition) is 2. The molecule has 2 rings (SSSR count). The van der Waals surface area contributed by atoms with Crippen molar-refractivity contribution in [1.82, 2.24) is 0 Å². The SMILES string of the molecule is C=C(O[SiH](c1ccccc1)c1ccccc1)C(C)OC. The molecule has 104 valence electrons. The van der Waals surface area contributed by atoms with Crippen LogP contribution in [0.5, 0.6) is 0 Å². The molecule has 0 aliphatic carbocycles. The summed E-state index contributed by atoms with van der Waals surface area (Å²) in [6.07, 6.45) is -0.0996. The lowest BCUT2D eigenvalue weighted by Crippen LogP contribution is -2.45. The highest BCUT2D eigenvalue weighted by Gasteiger charge is 2.21. The second kappa shape index (κ2) is 7.08. The van der Waals surface area contributed by atoms with Gasteiger partial charge in [-0.3, -0.25) is 0 Å². The molecule has 3 heteroatoms. The third-order valence-electron chi connectivity index (χ3n) is 3.28. The van der Waals surface area contributed by atoms with E-state index in [1.165, 1.54) is 10.4 Å². The summed E-state index contributed by atoms with van der Waals surface area (Å²) in [6, 6.07) is 20.7. The van der Waals surface area contributed by atoms with E-state index in [-0.39, 0.29) is 6.10 Å². The quantitative estimate of drug-likeness (QED) is 0.597. The molecule has 0 bridgehead atoms. The van der Waals surface area contributed by atoms with Crippen molar-refractivity contribution in [3.63, 3.8) is 0 Å². The van der Waals surface area contributed by atoms with E-state index in [1.54, 1.807) is 7.11 Å². The molecule has 0 aromatic heterocycles. The summed E-state index contributed by atoms with van der Waals surface area (Å²) in [5.74, 6) is 0.692. The number of benzene rings is 2. The van der Waals surface area contributed by atoms with E-state index in [4.69, 9.17) is 9.16 Å². The van der Waals surface area contributed by atoms with Crippen LogP contribution in [0.25, 0.3) is 0 Å². The molecule has 1 atom stereocenters. The molecule has 2 aromatic rings. The van der Waals surface area contributed by atoms with Crippen LogP contribution in [0.1, 0.15) is 6.92 Å². The van der Waals surface area contributed by atoms with E-state index in [9.17, 15) is 0 Å². The Kier molecular flexibility index (Phi) is 5.15. The molecule has 0 aliphatic heterocycles. The monoisotopic (exact) mass is 284 g/mol. The predicted octanol–water partition coefficient (Wildman–Crippen LogP) is 2.09. The van der Waals surface area contributed by atoms with E-state index < -0.39 is 9.04 Å². The Balaban J connectivity index is 2.28. The molecular formula is C17H20O2Si. The fourth-order valence-electron chi connectivity index (χ4n) is 1.96. The zero-order chi connectivity index (χ0) is 14.4. The van der Waals surface area contributed by atoms with Gasteiger partial charge in [0.05, 0.1) is 0 Å². The van der Waals surface area contributed by atoms with Crippen LogP contribution in [-0.4, -0.2) is 22.3 Å². The summed E-state index contributed by atoms with van der Waals surface area (Å²) < 4.78 is 11.5. The molecule has 0 radical (unpaired) electrons. The van der Waals surface area contributed by atoms with Crippen LogP contribution in [0.4, 0.5) is 0 Å². The third-order valence-corrected chi connectivity index (χ3v) is 5.80. The Morgan fingerprint density at radius 1 is 0.950 bits per heavy atom. The van der Waals surface area contributed by atoms with Gasteiger partial charge in [0.15, 0.2) is 0 Å². The van der Waals surface area contributed by atoms with E-state index in [0.29, 0.717) is 5.76 Å². The number of ether oxygens (including phenoxy) is 1. The lowest BCUT2D eigenvalue weighted by molar-refractivity contribution is 0.114. The van der Waals surface area contributed by atoms with Crippen molar-refractivity contribution in [2.24, 2.45) is 0 Å². The Morgan fingerprint density at radius 3 is 1.80 bits per heavy atom. The van der Waals surface area contributed by atoms with Crippen LogP contribution in [-0.2, 0) is 9.16 Å². The first-order valence-corrected chi connectivity index (χ1v) is 8.33. The first kappa shape index (κ1) is 14.6. The summed E-state index contributed by atoms with van der Waals surface area (Å²) in [5, 5.41) is 2.48. The molecule has 0 fully saturated rings. The van der Waals surface area contributed by atoms with E-state index in [2.05, 4.69) is 30.8 Å². The average Bonchev–Trinajstić information content (AvgIpc) is 2.53. The van der Waals surface area contributed by atoms with Gasteiger partial charge in [0.25, 0.3) is 9.04 Å². The van der Waals surface area contributed by atoms with Gasteiger partial charge in [-0.05, 0) is 17.3 Å². The Morgan fingerprint density at radius 2 is 1.40 bits per heavy atom. The van der Waals surface area contributed by atoms with Crippen molar-refractivity contribution in [2.45, 2.75) is 13.0 Å². The lowest BCUT2D eigenvalue weighted by Gasteiger charge is -2.22. The maximum Gasteiger partial charge on any atom is 0.298 e. The summed E-state index contributed by atoms with van der Waals surface area (Å²) in [5.41, 5.74) is 0. The summed E-state index contributed by atoms with van der Waals surface area (Å²) in [4.78, 5) is 0. The van der Waals surface area contributed by atoms with Crippen molar-refractivity contribution in [1.29, 1.82) is 0 Å². The molecule has 1 unspecified atom stereocenters. The fourth-order valence-corrected chi connectivity index (χ4v) is 4.26. The van der Waals surface area contributed by atoms with Crippen molar-refractivity contribution in [3.05, 3.63) is 73.0 Å². The normalized spacial score (nSPS) is 12.2. The van der Waals surface area contributed by atoms with E-state index in [1.807, 2.05) is 43.3 Å². The molecule has 0 heterocycles. The molecule has 0 amide bonds.